The Hall–Kier alpha value is -1.58. The molecule has 1 aromatic heterocycles. The maximum atomic E-state index is 10.6. The predicted octanol–water partition coefficient (Wildman–Crippen LogP) is 3.27. The molecule has 0 fully saturated rings. The average molecular weight is 487 g/mol. The number of rotatable bonds is 10. The number of ether oxygens (including phenoxy) is 1. The smallest absolute Gasteiger partial charge is 0.191 e. The van der Waals surface area contributed by atoms with Crippen molar-refractivity contribution < 1.29 is 14.3 Å². The lowest BCUT2D eigenvalue weighted by atomic mass is 9.96. The van der Waals surface area contributed by atoms with Gasteiger partial charge in [0.05, 0.1) is 12.8 Å². The molecule has 1 atom stereocenters. The summed E-state index contributed by atoms with van der Waals surface area (Å²) < 4.78 is 10.8. The molecule has 0 aliphatic carbocycles. The second-order valence-corrected chi connectivity index (χ2v) is 6.25. The van der Waals surface area contributed by atoms with Crippen molar-refractivity contribution in [3.8, 4) is 0 Å². The molecule has 0 spiro atoms. The minimum atomic E-state index is -1.00. The average Bonchev–Trinajstić information content (AvgIpc) is 3.16. The molecule has 6 nitrogen and oxygen atoms in total. The van der Waals surface area contributed by atoms with Crippen molar-refractivity contribution in [3.63, 3.8) is 0 Å². The van der Waals surface area contributed by atoms with Gasteiger partial charge in [-0.1, -0.05) is 30.3 Å². The molecule has 1 unspecified atom stereocenters. The number of nitrogens with zero attached hydrogens (tertiary/aromatic N) is 1. The van der Waals surface area contributed by atoms with Crippen molar-refractivity contribution in [3.05, 3.63) is 60.1 Å². The molecule has 0 amide bonds. The summed E-state index contributed by atoms with van der Waals surface area (Å²) in [6, 6.07) is 13.3. The monoisotopic (exact) mass is 487 g/mol. The maximum absolute atomic E-state index is 10.6. The molecule has 1 heterocycles. The highest BCUT2D eigenvalue weighted by molar-refractivity contribution is 14.0. The zero-order valence-corrected chi connectivity index (χ0v) is 18.3. The summed E-state index contributed by atoms with van der Waals surface area (Å²) in [7, 11) is 0. The summed E-state index contributed by atoms with van der Waals surface area (Å²) >= 11 is 0. The molecule has 27 heavy (non-hydrogen) atoms. The Morgan fingerprint density at radius 2 is 1.96 bits per heavy atom. The number of aliphatic imine (C=N–C) groups is 1. The van der Waals surface area contributed by atoms with Crippen molar-refractivity contribution >= 4 is 29.9 Å². The summed E-state index contributed by atoms with van der Waals surface area (Å²) in [6.45, 7) is 6.68. The standard InChI is InChI=1S/C20H29N3O3.HI/c1-3-21-19(22-12-8-13-25-15-18-11-7-14-26-18)23-16-20(2,24)17-9-5-4-6-10-17;/h4-7,9-11,14,24H,3,8,12-13,15-16H2,1-2H3,(H2,21,22,23);1H. The van der Waals surface area contributed by atoms with Gasteiger partial charge >= 0.3 is 0 Å². The lowest BCUT2D eigenvalue weighted by molar-refractivity contribution is 0.0672. The van der Waals surface area contributed by atoms with Crippen LogP contribution in [0.4, 0.5) is 0 Å². The number of hydrogen-bond acceptors (Lipinski definition) is 4. The number of hydrogen-bond donors (Lipinski definition) is 3. The van der Waals surface area contributed by atoms with Gasteiger partial charge in [-0.2, -0.15) is 0 Å². The van der Waals surface area contributed by atoms with Crippen LogP contribution in [0.1, 0.15) is 31.6 Å². The fourth-order valence-electron chi connectivity index (χ4n) is 2.41. The minimum Gasteiger partial charge on any atom is -0.467 e. The van der Waals surface area contributed by atoms with Crippen LogP contribution in [-0.2, 0) is 16.9 Å². The van der Waals surface area contributed by atoms with Gasteiger partial charge in [0.15, 0.2) is 5.96 Å². The molecule has 0 aliphatic rings. The van der Waals surface area contributed by atoms with E-state index in [0.717, 1.165) is 30.8 Å². The van der Waals surface area contributed by atoms with Gasteiger partial charge in [0, 0.05) is 19.7 Å². The molecule has 150 valence electrons. The maximum Gasteiger partial charge on any atom is 0.191 e. The van der Waals surface area contributed by atoms with E-state index in [1.165, 1.54) is 0 Å². The largest absolute Gasteiger partial charge is 0.467 e. The Bertz CT molecular complexity index is 646. The Balaban J connectivity index is 0.00000364. The Morgan fingerprint density at radius 3 is 2.63 bits per heavy atom. The second-order valence-electron chi connectivity index (χ2n) is 6.25. The number of nitrogens with one attached hydrogen (secondary N) is 2. The molecule has 0 saturated carbocycles. The Kier molecular flexibility index (Phi) is 11.1. The van der Waals surface area contributed by atoms with Crippen LogP contribution in [-0.4, -0.2) is 37.3 Å². The highest BCUT2D eigenvalue weighted by atomic mass is 127. The third-order valence-electron chi connectivity index (χ3n) is 3.87. The van der Waals surface area contributed by atoms with Crippen LogP contribution in [0.25, 0.3) is 0 Å². The van der Waals surface area contributed by atoms with Crippen LogP contribution in [0.3, 0.4) is 0 Å². The van der Waals surface area contributed by atoms with Crippen molar-refractivity contribution in [2.45, 2.75) is 32.5 Å². The van der Waals surface area contributed by atoms with Crippen LogP contribution >= 0.6 is 24.0 Å². The van der Waals surface area contributed by atoms with Gasteiger partial charge in [-0.05, 0) is 38.0 Å². The lowest BCUT2D eigenvalue weighted by Crippen LogP contribution is -2.39. The zero-order valence-electron chi connectivity index (χ0n) is 16.0. The van der Waals surface area contributed by atoms with Crippen LogP contribution in [0.2, 0.25) is 0 Å². The summed E-state index contributed by atoms with van der Waals surface area (Å²) in [5.41, 5.74) is -0.151. The van der Waals surface area contributed by atoms with Crippen LogP contribution < -0.4 is 10.6 Å². The van der Waals surface area contributed by atoms with Crippen LogP contribution in [0.5, 0.6) is 0 Å². The van der Waals surface area contributed by atoms with E-state index in [4.69, 9.17) is 9.15 Å². The molecular weight excluding hydrogens is 457 g/mol. The number of benzene rings is 1. The highest BCUT2D eigenvalue weighted by Gasteiger charge is 2.22. The first-order chi connectivity index (χ1) is 12.6. The number of guanidine groups is 1. The molecular formula is C20H30IN3O3. The van der Waals surface area contributed by atoms with Gasteiger partial charge in [-0.15, -0.1) is 24.0 Å². The van der Waals surface area contributed by atoms with Crippen molar-refractivity contribution in [1.82, 2.24) is 10.6 Å². The van der Waals surface area contributed by atoms with Gasteiger partial charge < -0.3 is 24.9 Å². The number of halogens is 1. The summed E-state index contributed by atoms with van der Waals surface area (Å²) in [6.07, 6.45) is 2.49. The fraction of sp³-hybridized carbons (Fsp3) is 0.450. The third-order valence-corrected chi connectivity index (χ3v) is 3.87. The fourth-order valence-corrected chi connectivity index (χ4v) is 2.41. The first kappa shape index (κ1) is 23.5. The van der Waals surface area contributed by atoms with Crippen molar-refractivity contribution in [2.24, 2.45) is 4.99 Å². The van der Waals surface area contributed by atoms with Crippen molar-refractivity contribution in [1.29, 1.82) is 0 Å². The van der Waals surface area contributed by atoms with E-state index in [2.05, 4.69) is 15.6 Å². The van der Waals surface area contributed by atoms with E-state index in [1.54, 1.807) is 13.2 Å². The van der Waals surface area contributed by atoms with Crippen molar-refractivity contribution in [2.75, 3.05) is 26.2 Å². The van der Waals surface area contributed by atoms with E-state index in [9.17, 15) is 5.11 Å². The van der Waals surface area contributed by atoms with Gasteiger partial charge in [0.2, 0.25) is 0 Å². The zero-order chi connectivity index (χ0) is 18.7. The summed E-state index contributed by atoms with van der Waals surface area (Å²) in [5.74, 6) is 1.52. The van der Waals surface area contributed by atoms with Gasteiger partial charge in [-0.3, -0.25) is 0 Å². The molecule has 0 aliphatic heterocycles. The number of furan rings is 1. The van der Waals surface area contributed by atoms with E-state index >= 15 is 0 Å². The lowest BCUT2D eigenvalue weighted by Gasteiger charge is -2.22. The quantitative estimate of drug-likeness (QED) is 0.208. The molecule has 2 aromatic rings. The van der Waals surface area contributed by atoms with Crippen LogP contribution in [0, 0.1) is 0 Å². The normalized spacial score (nSPS) is 13.5. The molecule has 2 rings (SSSR count). The van der Waals surface area contributed by atoms with Crippen LogP contribution in [0.15, 0.2) is 58.1 Å². The predicted molar refractivity (Wildman–Crippen MR) is 118 cm³/mol. The van der Waals surface area contributed by atoms with Gasteiger partial charge in [-0.25, -0.2) is 4.99 Å². The van der Waals surface area contributed by atoms with Gasteiger partial charge in [0.1, 0.15) is 18.0 Å². The Morgan fingerprint density at radius 1 is 1.19 bits per heavy atom. The Labute approximate surface area is 178 Å². The first-order valence-electron chi connectivity index (χ1n) is 9.02. The molecule has 0 saturated heterocycles. The molecule has 7 heteroatoms. The van der Waals surface area contributed by atoms with E-state index in [1.807, 2.05) is 49.4 Å². The molecule has 3 N–H and O–H groups in total. The minimum absolute atomic E-state index is 0. The third kappa shape index (κ3) is 8.77. The topological polar surface area (TPSA) is 79.0 Å². The second kappa shape index (κ2) is 12.7. The van der Waals surface area contributed by atoms with Gasteiger partial charge in [0.25, 0.3) is 0 Å². The van der Waals surface area contributed by atoms with E-state index < -0.39 is 5.60 Å². The summed E-state index contributed by atoms with van der Waals surface area (Å²) in [4.78, 5) is 4.51. The SMILES string of the molecule is CCNC(=NCC(C)(O)c1ccccc1)NCCCOCc1ccco1.I. The number of aliphatic hydroxyl groups is 1. The van der Waals surface area contributed by atoms with E-state index in [0.29, 0.717) is 19.2 Å². The highest BCUT2D eigenvalue weighted by Crippen LogP contribution is 2.20. The molecule has 1 aromatic carbocycles. The first-order valence-corrected chi connectivity index (χ1v) is 9.02. The molecule has 0 bridgehead atoms. The summed E-state index contributed by atoms with van der Waals surface area (Å²) in [5, 5.41) is 17.1. The molecule has 0 radical (unpaired) electrons. The van der Waals surface area contributed by atoms with E-state index in [-0.39, 0.29) is 30.5 Å².